The molecule has 1 atom stereocenters. The number of nitrogens with zero attached hydrogens (tertiary/aromatic N) is 4. The molecular formula is C17H31N5S. The van der Waals surface area contributed by atoms with Gasteiger partial charge in [-0.25, -0.2) is 9.98 Å². The van der Waals surface area contributed by atoms with Gasteiger partial charge < -0.3 is 10.2 Å². The molecule has 0 saturated carbocycles. The van der Waals surface area contributed by atoms with Crippen molar-refractivity contribution in [3.63, 3.8) is 0 Å². The fraction of sp³-hybridized carbons (Fsp3) is 0.765. The molecule has 130 valence electrons. The number of rotatable bonds is 7. The minimum Gasteiger partial charge on any atom is -0.357 e. The summed E-state index contributed by atoms with van der Waals surface area (Å²) in [6.07, 6.45) is 2.23. The van der Waals surface area contributed by atoms with Crippen molar-refractivity contribution in [2.24, 2.45) is 4.99 Å². The summed E-state index contributed by atoms with van der Waals surface area (Å²) in [5.41, 5.74) is 1.08. The largest absolute Gasteiger partial charge is 0.357 e. The molecule has 6 heteroatoms. The number of nitrogens with one attached hydrogen (secondary N) is 1. The molecule has 1 aliphatic heterocycles. The molecule has 0 aromatic carbocycles. The normalized spacial score (nSPS) is 18.9. The van der Waals surface area contributed by atoms with Gasteiger partial charge in [-0.3, -0.25) is 4.90 Å². The van der Waals surface area contributed by atoms with Gasteiger partial charge >= 0.3 is 0 Å². The molecule has 1 saturated heterocycles. The summed E-state index contributed by atoms with van der Waals surface area (Å²) >= 11 is 1.74. The zero-order valence-corrected chi connectivity index (χ0v) is 15.8. The molecule has 0 bridgehead atoms. The van der Waals surface area contributed by atoms with Gasteiger partial charge in [0.1, 0.15) is 0 Å². The molecule has 2 rings (SSSR count). The number of aryl methyl sites for hydroxylation is 1. The average Bonchev–Trinajstić information content (AvgIpc) is 3.22. The lowest BCUT2D eigenvalue weighted by Gasteiger charge is -2.27. The molecular weight excluding hydrogens is 306 g/mol. The van der Waals surface area contributed by atoms with Gasteiger partial charge in [0.25, 0.3) is 0 Å². The molecule has 1 aromatic rings. The molecule has 1 aliphatic rings. The summed E-state index contributed by atoms with van der Waals surface area (Å²) in [7, 11) is 0. The SMILES string of the molecule is CCNC(=NCc1csc(CC)n1)N1CCC(N(CC)CC)C1. The van der Waals surface area contributed by atoms with Crippen molar-refractivity contribution in [3.05, 3.63) is 16.1 Å². The van der Waals surface area contributed by atoms with Gasteiger partial charge in [0, 0.05) is 31.1 Å². The maximum absolute atomic E-state index is 4.82. The van der Waals surface area contributed by atoms with Crippen molar-refractivity contribution in [2.45, 2.75) is 53.1 Å². The van der Waals surface area contributed by atoms with Gasteiger partial charge in [-0.15, -0.1) is 11.3 Å². The molecule has 1 N–H and O–H groups in total. The van der Waals surface area contributed by atoms with E-state index < -0.39 is 0 Å². The first-order chi connectivity index (χ1) is 11.2. The number of guanidine groups is 1. The summed E-state index contributed by atoms with van der Waals surface area (Å²) in [6, 6.07) is 0.653. The highest BCUT2D eigenvalue weighted by Crippen LogP contribution is 2.16. The van der Waals surface area contributed by atoms with Gasteiger partial charge in [-0.2, -0.15) is 0 Å². The van der Waals surface area contributed by atoms with Crippen LogP contribution in [0.4, 0.5) is 0 Å². The fourth-order valence-corrected chi connectivity index (χ4v) is 3.87. The van der Waals surface area contributed by atoms with E-state index in [-0.39, 0.29) is 0 Å². The number of aromatic nitrogens is 1. The summed E-state index contributed by atoms with van der Waals surface area (Å²) in [6.45, 7) is 14.8. The van der Waals surface area contributed by atoms with Gasteiger partial charge in [0.05, 0.1) is 17.2 Å². The highest BCUT2D eigenvalue weighted by Gasteiger charge is 2.27. The van der Waals surface area contributed by atoms with Crippen LogP contribution in [0, 0.1) is 0 Å². The van der Waals surface area contributed by atoms with E-state index in [1.54, 1.807) is 11.3 Å². The predicted octanol–water partition coefficient (Wildman–Crippen LogP) is 2.59. The highest BCUT2D eigenvalue weighted by molar-refractivity contribution is 7.09. The number of thiazole rings is 1. The molecule has 0 spiro atoms. The van der Waals surface area contributed by atoms with Crippen LogP contribution in [0.1, 0.15) is 44.8 Å². The molecule has 0 radical (unpaired) electrons. The van der Waals surface area contributed by atoms with Gasteiger partial charge in [0.2, 0.25) is 0 Å². The maximum atomic E-state index is 4.82. The number of hydrogen-bond donors (Lipinski definition) is 1. The van der Waals surface area contributed by atoms with Gasteiger partial charge in [-0.1, -0.05) is 20.8 Å². The van der Waals surface area contributed by atoms with Crippen molar-refractivity contribution in [3.8, 4) is 0 Å². The number of hydrogen-bond acceptors (Lipinski definition) is 4. The molecule has 0 aliphatic carbocycles. The Balaban J connectivity index is 1.99. The summed E-state index contributed by atoms with van der Waals surface area (Å²) in [5.74, 6) is 1.04. The first kappa shape index (κ1) is 18.2. The molecule has 1 aromatic heterocycles. The highest BCUT2D eigenvalue weighted by atomic mass is 32.1. The second kappa shape index (κ2) is 9.23. The smallest absolute Gasteiger partial charge is 0.194 e. The van der Waals surface area contributed by atoms with E-state index in [1.807, 2.05) is 0 Å². The first-order valence-electron chi connectivity index (χ1n) is 8.92. The third-order valence-corrected chi connectivity index (χ3v) is 5.46. The number of likely N-dealkylation sites (N-methyl/N-ethyl adjacent to an activating group) is 1. The quantitative estimate of drug-likeness (QED) is 0.613. The van der Waals surface area contributed by atoms with Gasteiger partial charge in [0.15, 0.2) is 5.96 Å². The van der Waals surface area contributed by atoms with Crippen LogP contribution in [0.15, 0.2) is 10.4 Å². The van der Waals surface area contributed by atoms with Crippen LogP contribution in [0.25, 0.3) is 0 Å². The van der Waals surface area contributed by atoms with E-state index in [4.69, 9.17) is 4.99 Å². The van der Waals surface area contributed by atoms with Crippen LogP contribution < -0.4 is 5.32 Å². The van der Waals surface area contributed by atoms with Crippen LogP contribution >= 0.6 is 11.3 Å². The van der Waals surface area contributed by atoms with E-state index in [2.05, 4.69) is 53.2 Å². The van der Waals surface area contributed by atoms with E-state index >= 15 is 0 Å². The third-order valence-electron chi connectivity index (χ3n) is 4.42. The average molecular weight is 338 g/mol. The minimum absolute atomic E-state index is 0.653. The van der Waals surface area contributed by atoms with E-state index in [0.717, 1.165) is 50.8 Å². The third kappa shape index (κ3) is 4.91. The van der Waals surface area contributed by atoms with Crippen LogP contribution in [0.2, 0.25) is 0 Å². The van der Waals surface area contributed by atoms with E-state index in [9.17, 15) is 0 Å². The lowest BCUT2D eigenvalue weighted by molar-refractivity contribution is 0.223. The zero-order valence-electron chi connectivity index (χ0n) is 15.0. The van der Waals surface area contributed by atoms with Crippen LogP contribution in [0.3, 0.4) is 0 Å². The van der Waals surface area contributed by atoms with Crippen LogP contribution in [-0.4, -0.2) is 59.5 Å². The Hall–Kier alpha value is -1.14. The monoisotopic (exact) mass is 337 g/mol. The lowest BCUT2D eigenvalue weighted by atomic mass is 10.2. The van der Waals surface area contributed by atoms with Gasteiger partial charge in [-0.05, 0) is 32.9 Å². The second-order valence-corrected chi connectivity index (χ2v) is 6.81. The summed E-state index contributed by atoms with van der Waals surface area (Å²) in [4.78, 5) is 14.4. The molecule has 1 unspecified atom stereocenters. The summed E-state index contributed by atoms with van der Waals surface area (Å²) < 4.78 is 0. The van der Waals surface area contributed by atoms with E-state index in [0.29, 0.717) is 12.6 Å². The van der Waals surface area contributed by atoms with Crippen molar-refractivity contribution >= 4 is 17.3 Å². The maximum Gasteiger partial charge on any atom is 0.194 e. The lowest BCUT2D eigenvalue weighted by Crippen LogP contribution is -2.43. The van der Waals surface area contributed by atoms with E-state index in [1.165, 1.54) is 11.4 Å². The molecule has 5 nitrogen and oxygen atoms in total. The molecule has 0 amide bonds. The standard InChI is InChI=1S/C17H31N5S/c1-5-16-20-14(13-23-16)11-19-17(18-6-2)22-10-9-15(12-22)21(7-3)8-4/h13,15H,5-12H2,1-4H3,(H,18,19). The molecule has 23 heavy (non-hydrogen) atoms. The predicted molar refractivity (Wildman–Crippen MR) is 99.2 cm³/mol. The summed E-state index contributed by atoms with van der Waals surface area (Å²) in [5, 5.41) is 6.77. The Kier molecular flexibility index (Phi) is 7.30. The second-order valence-electron chi connectivity index (χ2n) is 5.87. The van der Waals surface area contributed by atoms with Crippen molar-refractivity contribution in [1.29, 1.82) is 0 Å². The molecule has 1 fully saturated rings. The fourth-order valence-electron chi connectivity index (χ4n) is 3.14. The zero-order chi connectivity index (χ0) is 16.7. The number of aliphatic imine (C=N–C) groups is 1. The Morgan fingerprint density at radius 3 is 2.78 bits per heavy atom. The number of likely N-dealkylation sites (tertiary alicyclic amines) is 1. The van der Waals surface area contributed by atoms with Crippen molar-refractivity contribution in [2.75, 3.05) is 32.7 Å². The van der Waals surface area contributed by atoms with Crippen LogP contribution in [0.5, 0.6) is 0 Å². The Morgan fingerprint density at radius 2 is 2.17 bits per heavy atom. The minimum atomic E-state index is 0.653. The first-order valence-corrected chi connectivity index (χ1v) is 9.80. The van der Waals surface area contributed by atoms with Crippen LogP contribution in [-0.2, 0) is 13.0 Å². The van der Waals surface area contributed by atoms with Crippen molar-refractivity contribution in [1.82, 2.24) is 20.1 Å². The van der Waals surface area contributed by atoms with Crippen molar-refractivity contribution < 1.29 is 0 Å². The molecule has 2 heterocycles. The Labute approximate surface area is 144 Å². The Morgan fingerprint density at radius 1 is 1.39 bits per heavy atom. The Bertz CT molecular complexity index is 495. The topological polar surface area (TPSA) is 43.8 Å².